The SMILES string of the molecule is COc1cc2c(cc1OC)C1O[N+]([O-])=c3ccccc3=CN1CC2. The van der Waals surface area contributed by atoms with Crippen LogP contribution in [0.15, 0.2) is 36.4 Å². The lowest BCUT2D eigenvalue weighted by Crippen LogP contribution is -2.36. The zero-order valence-electron chi connectivity index (χ0n) is 13.6. The Kier molecular flexibility index (Phi) is 3.45. The predicted octanol–water partition coefficient (Wildman–Crippen LogP) is 0.933. The van der Waals surface area contributed by atoms with Gasteiger partial charge in [0.05, 0.1) is 19.4 Å². The van der Waals surface area contributed by atoms with Gasteiger partial charge in [0.1, 0.15) is 0 Å². The molecule has 0 aromatic heterocycles. The highest BCUT2D eigenvalue weighted by Gasteiger charge is 2.29. The van der Waals surface area contributed by atoms with Crippen LogP contribution in [0.1, 0.15) is 17.4 Å². The quantitative estimate of drug-likeness (QED) is 0.769. The molecule has 0 aliphatic carbocycles. The number of hydrogen-bond acceptors (Lipinski definition) is 5. The zero-order chi connectivity index (χ0) is 16.7. The van der Waals surface area contributed by atoms with E-state index in [0.717, 1.165) is 29.3 Å². The summed E-state index contributed by atoms with van der Waals surface area (Å²) in [6.45, 7) is 0.759. The number of fused-ring (bicyclic) bond motifs is 4. The van der Waals surface area contributed by atoms with Crippen molar-refractivity contribution in [1.29, 1.82) is 0 Å². The van der Waals surface area contributed by atoms with E-state index in [2.05, 4.69) is 0 Å². The van der Waals surface area contributed by atoms with Gasteiger partial charge < -0.3 is 19.2 Å². The van der Waals surface area contributed by atoms with E-state index in [4.69, 9.17) is 14.3 Å². The Morgan fingerprint density at radius 1 is 1.17 bits per heavy atom. The number of hydrogen-bond donors (Lipinski definition) is 0. The highest BCUT2D eigenvalue weighted by molar-refractivity contribution is 5.50. The van der Waals surface area contributed by atoms with Crippen LogP contribution in [0.25, 0.3) is 6.20 Å². The first-order valence-electron chi connectivity index (χ1n) is 7.79. The number of rotatable bonds is 2. The summed E-state index contributed by atoms with van der Waals surface area (Å²) >= 11 is 0. The normalized spacial score (nSPS) is 18.3. The van der Waals surface area contributed by atoms with E-state index in [1.165, 1.54) is 0 Å². The Morgan fingerprint density at radius 2 is 1.92 bits per heavy atom. The lowest BCUT2D eigenvalue weighted by Gasteiger charge is -2.36. The molecule has 24 heavy (non-hydrogen) atoms. The second-order valence-corrected chi connectivity index (χ2v) is 5.80. The maximum atomic E-state index is 12.4. The van der Waals surface area contributed by atoms with Gasteiger partial charge in [0, 0.05) is 23.7 Å². The zero-order valence-corrected chi connectivity index (χ0v) is 13.6. The molecule has 0 radical (unpaired) electrons. The molecule has 0 spiro atoms. The third-order valence-corrected chi connectivity index (χ3v) is 4.49. The van der Waals surface area contributed by atoms with E-state index in [9.17, 15) is 5.21 Å². The van der Waals surface area contributed by atoms with Crippen molar-refractivity contribution in [1.82, 2.24) is 9.80 Å². The molecule has 6 heteroatoms. The number of para-hydroxylation sites is 1. The van der Waals surface area contributed by atoms with Crippen LogP contribution in [0.5, 0.6) is 11.5 Å². The van der Waals surface area contributed by atoms with Crippen molar-refractivity contribution in [3.63, 3.8) is 0 Å². The maximum absolute atomic E-state index is 12.4. The first-order valence-corrected chi connectivity index (χ1v) is 7.79. The fourth-order valence-corrected chi connectivity index (χ4v) is 3.27. The van der Waals surface area contributed by atoms with E-state index >= 15 is 0 Å². The van der Waals surface area contributed by atoms with Crippen LogP contribution >= 0.6 is 0 Å². The van der Waals surface area contributed by atoms with Gasteiger partial charge in [-0.1, -0.05) is 12.1 Å². The summed E-state index contributed by atoms with van der Waals surface area (Å²) in [6.07, 6.45) is 2.34. The second-order valence-electron chi connectivity index (χ2n) is 5.80. The summed E-state index contributed by atoms with van der Waals surface area (Å²) < 4.78 is 10.8. The Hall–Kier alpha value is -2.89. The van der Waals surface area contributed by atoms with Gasteiger partial charge in [0.25, 0.3) is 5.36 Å². The van der Waals surface area contributed by atoms with Crippen molar-refractivity contribution < 1.29 is 14.3 Å². The molecule has 0 amide bonds. The van der Waals surface area contributed by atoms with Gasteiger partial charge in [-0.05, 0) is 35.7 Å². The van der Waals surface area contributed by atoms with E-state index in [-0.39, 0.29) is 0 Å². The molecule has 0 bridgehead atoms. The Bertz CT molecular complexity index is 910. The Balaban J connectivity index is 1.87. The van der Waals surface area contributed by atoms with Gasteiger partial charge in [-0.2, -0.15) is 0 Å². The largest absolute Gasteiger partial charge is 0.493 e. The molecule has 2 heterocycles. The van der Waals surface area contributed by atoms with Crippen molar-refractivity contribution in [2.24, 2.45) is 0 Å². The molecule has 0 saturated heterocycles. The minimum absolute atomic E-state index is 0.488. The molecule has 1 atom stereocenters. The molecule has 6 nitrogen and oxygen atoms in total. The summed E-state index contributed by atoms with van der Waals surface area (Å²) in [6, 6.07) is 11.3. The van der Waals surface area contributed by atoms with Gasteiger partial charge in [0.2, 0.25) is 0 Å². The second kappa shape index (κ2) is 5.63. The highest BCUT2D eigenvalue weighted by Crippen LogP contribution is 2.38. The summed E-state index contributed by atoms with van der Waals surface area (Å²) in [5.41, 5.74) is 2.02. The van der Waals surface area contributed by atoms with E-state index in [0.29, 0.717) is 21.8 Å². The third kappa shape index (κ3) is 2.22. The standard InChI is InChI=1S/C18H18N2O4/c1-22-16-9-12-7-8-19-11-13-5-3-4-6-15(13)20(21)24-18(19)14(12)10-17(16)23-2/h3-6,9-11,18H,7-8H2,1-2H3. The average molecular weight is 326 g/mol. The van der Waals surface area contributed by atoms with Gasteiger partial charge in [-0.3, -0.25) is 5.21 Å². The van der Waals surface area contributed by atoms with Crippen LogP contribution in [0.3, 0.4) is 0 Å². The van der Waals surface area contributed by atoms with Crippen LogP contribution in [0.2, 0.25) is 0 Å². The van der Waals surface area contributed by atoms with Gasteiger partial charge in [-0.25, -0.2) is 0 Å². The molecule has 2 aromatic rings. The number of nitrogens with zero attached hydrogens (tertiary/aromatic N) is 2. The van der Waals surface area contributed by atoms with Crippen molar-refractivity contribution in [3.05, 3.63) is 63.3 Å². The van der Waals surface area contributed by atoms with Crippen LogP contribution in [-0.4, -0.2) is 25.7 Å². The number of benzene rings is 2. The first-order chi connectivity index (χ1) is 11.7. The Morgan fingerprint density at radius 3 is 2.71 bits per heavy atom. The topological polar surface area (TPSA) is 57.0 Å². The fraction of sp³-hybridized carbons (Fsp3) is 0.278. The molecule has 0 fully saturated rings. The number of ether oxygens (including phenoxy) is 2. The van der Waals surface area contributed by atoms with Crippen molar-refractivity contribution in [2.75, 3.05) is 20.8 Å². The minimum Gasteiger partial charge on any atom is -0.493 e. The molecule has 0 saturated carbocycles. The van der Waals surface area contributed by atoms with Crippen LogP contribution in [0.4, 0.5) is 0 Å². The lowest BCUT2D eigenvalue weighted by atomic mass is 9.97. The molecule has 2 aliphatic rings. The van der Waals surface area contributed by atoms with Gasteiger partial charge in [0.15, 0.2) is 17.7 Å². The first kappa shape index (κ1) is 14.7. The summed E-state index contributed by atoms with van der Waals surface area (Å²) in [5.74, 6) is 1.31. The molecule has 4 rings (SSSR count). The molecule has 2 aromatic carbocycles. The molecular weight excluding hydrogens is 308 g/mol. The summed E-state index contributed by atoms with van der Waals surface area (Å²) in [7, 11) is 3.21. The molecule has 124 valence electrons. The van der Waals surface area contributed by atoms with E-state index < -0.39 is 6.23 Å². The van der Waals surface area contributed by atoms with E-state index in [1.807, 2.05) is 41.4 Å². The average Bonchev–Trinajstić information content (AvgIpc) is 2.76. The number of methoxy groups -OCH3 is 2. The van der Waals surface area contributed by atoms with Crippen molar-refractivity contribution in [2.45, 2.75) is 12.6 Å². The van der Waals surface area contributed by atoms with Crippen molar-refractivity contribution >= 4 is 6.20 Å². The summed E-state index contributed by atoms with van der Waals surface area (Å²) in [4.78, 5) is 8.36. The molecule has 2 aliphatic heterocycles. The van der Waals surface area contributed by atoms with Crippen LogP contribution in [0, 0.1) is 5.21 Å². The molecular formula is C18H18N2O4. The minimum atomic E-state index is -0.488. The van der Waals surface area contributed by atoms with Crippen molar-refractivity contribution in [3.8, 4) is 11.5 Å². The lowest BCUT2D eigenvalue weighted by molar-refractivity contribution is -0.105. The third-order valence-electron chi connectivity index (χ3n) is 4.49. The smallest absolute Gasteiger partial charge is 0.276 e. The van der Waals surface area contributed by atoms with Crippen LogP contribution < -0.4 is 25.0 Å². The Labute approximate surface area is 139 Å². The monoisotopic (exact) mass is 326 g/mol. The van der Waals surface area contributed by atoms with E-state index in [1.54, 1.807) is 20.3 Å². The van der Waals surface area contributed by atoms with Crippen LogP contribution in [-0.2, 0) is 11.3 Å². The predicted molar refractivity (Wildman–Crippen MR) is 88.5 cm³/mol. The maximum Gasteiger partial charge on any atom is 0.276 e. The highest BCUT2D eigenvalue weighted by atomic mass is 16.9. The van der Waals surface area contributed by atoms with Gasteiger partial charge >= 0.3 is 0 Å². The molecule has 1 unspecified atom stereocenters. The summed E-state index contributed by atoms with van der Waals surface area (Å²) in [5, 5.41) is 13.8. The fourth-order valence-electron chi connectivity index (χ4n) is 3.27. The van der Waals surface area contributed by atoms with Gasteiger partial charge in [-0.15, -0.1) is 0 Å². The molecule has 0 N–H and O–H groups in total.